The highest BCUT2D eigenvalue weighted by Crippen LogP contribution is 2.14. The second-order valence-electron chi connectivity index (χ2n) is 3.27. The van der Waals surface area contributed by atoms with Crippen molar-refractivity contribution in [1.29, 1.82) is 0 Å². The fraction of sp³-hybridized carbons (Fsp3) is 0.667. The van der Waals surface area contributed by atoms with Gasteiger partial charge >= 0.3 is 0 Å². The number of hydrogen-bond donors (Lipinski definition) is 0. The summed E-state index contributed by atoms with van der Waals surface area (Å²) in [5.74, 6) is 0.521. The molecular formula is C9H16N2O. The van der Waals surface area contributed by atoms with Gasteiger partial charge in [0.25, 0.3) is 0 Å². The van der Waals surface area contributed by atoms with Crippen molar-refractivity contribution in [2.45, 2.75) is 26.4 Å². The topological polar surface area (TPSA) is 27.1 Å². The Bertz CT molecular complexity index is 253. The first kappa shape index (κ1) is 9.26. The largest absolute Gasteiger partial charge is 0.378 e. The van der Waals surface area contributed by atoms with E-state index in [9.17, 15) is 0 Å². The predicted octanol–water partition coefficient (Wildman–Crippen LogP) is 1.69. The van der Waals surface area contributed by atoms with Crippen LogP contribution < -0.4 is 0 Å². The van der Waals surface area contributed by atoms with Crippen molar-refractivity contribution < 1.29 is 4.74 Å². The molecule has 0 aliphatic carbocycles. The molecule has 0 aromatic carbocycles. The molecule has 0 unspecified atom stereocenters. The van der Waals surface area contributed by atoms with Gasteiger partial charge in [-0.2, -0.15) is 5.10 Å². The van der Waals surface area contributed by atoms with E-state index < -0.39 is 0 Å². The van der Waals surface area contributed by atoms with Crippen LogP contribution in [0.1, 0.15) is 31.2 Å². The van der Waals surface area contributed by atoms with Gasteiger partial charge in [-0.15, -0.1) is 0 Å². The van der Waals surface area contributed by atoms with E-state index in [0.29, 0.717) is 12.5 Å². The zero-order chi connectivity index (χ0) is 9.14. The Kier molecular flexibility index (Phi) is 2.87. The molecule has 0 saturated carbocycles. The molecule has 68 valence electrons. The fourth-order valence-electron chi connectivity index (χ4n) is 1.30. The average molecular weight is 168 g/mol. The quantitative estimate of drug-likeness (QED) is 0.686. The minimum absolute atomic E-state index is 0.521. The highest BCUT2D eigenvalue weighted by atomic mass is 16.5. The summed E-state index contributed by atoms with van der Waals surface area (Å²) >= 11 is 0. The van der Waals surface area contributed by atoms with Crippen molar-refractivity contribution >= 4 is 0 Å². The van der Waals surface area contributed by atoms with E-state index in [1.165, 1.54) is 5.69 Å². The van der Waals surface area contributed by atoms with Crippen molar-refractivity contribution in [2.24, 2.45) is 7.05 Å². The Hall–Kier alpha value is -0.830. The Morgan fingerprint density at radius 3 is 2.67 bits per heavy atom. The molecule has 1 aromatic rings. The fourth-order valence-corrected chi connectivity index (χ4v) is 1.30. The third kappa shape index (κ3) is 1.85. The van der Waals surface area contributed by atoms with Gasteiger partial charge < -0.3 is 4.74 Å². The second-order valence-corrected chi connectivity index (χ2v) is 3.27. The SMILES string of the molecule is COCc1cc(C(C)C)n(C)n1. The third-order valence-corrected chi connectivity index (χ3v) is 1.85. The van der Waals surface area contributed by atoms with Crippen LogP contribution in [0.5, 0.6) is 0 Å². The van der Waals surface area contributed by atoms with E-state index in [0.717, 1.165) is 5.69 Å². The van der Waals surface area contributed by atoms with Gasteiger partial charge in [0.1, 0.15) is 0 Å². The van der Waals surface area contributed by atoms with E-state index in [4.69, 9.17) is 4.74 Å². The maximum atomic E-state index is 5.00. The lowest BCUT2D eigenvalue weighted by Crippen LogP contribution is -1.99. The summed E-state index contributed by atoms with van der Waals surface area (Å²) < 4.78 is 6.92. The van der Waals surface area contributed by atoms with Crippen LogP contribution in [0.15, 0.2) is 6.07 Å². The van der Waals surface area contributed by atoms with Gasteiger partial charge in [0.05, 0.1) is 12.3 Å². The van der Waals surface area contributed by atoms with Crippen LogP contribution in [0.2, 0.25) is 0 Å². The van der Waals surface area contributed by atoms with Crippen LogP contribution in [-0.2, 0) is 18.4 Å². The molecule has 0 N–H and O–H groups in total. The van der Waals surface area contributed by atoms with Gasteiger partial charge in [-0.3, -0.25) is 4.68 Å². The summed E-state index contributed by atoms with van der Waals surface area (Å²) in [6.45, 7) is 4.92. The Morgan fingerprint density at radius 1 is 1.58 bits per heavy atom. The first-order valence-electron chi connectivity index (χ1n) is 4.17. The van der Waals surface area contributed by atoms with Gasteiger partial charge in [0.15, 0.2) is 0 Å². The van der Waals surface area contributed by atoms with Crippen molar-refractivity contribution in [3.8, 4) is 0 Å². The number of rotatable bonds is 3. The smallest absolute Gasteiger partial charge is 0.0902 e. The van der Waals surface area contributed by atoms with Crippen LogP contribution >= 0.6 is 0 Å². The van der Waals surface area contributed by atoms with Crippen molar-refractivity contribution in [3.05, 3.63) is 17.5 Å². The van der Waals surface area contributed by atoms with Gasteiger partial charge in [-0.25, -0.2) is 0 Å². The normalized spacial score (nSPS) is 11.1. The van der Waals surface area contributed by atoms with Crippen LogP contribution in [0.3, 0.4) is 0 Å². The predicted molar refractivity (Wildman–Crippen MR) is 48.0 cm³/mol. The molecular weight excluding hydrogens is 152 g/mol. The number of hydrogen-bond acceptors (Lipinski definition) is 2. The van der Waals surface area contributed by atoms with E-state index in [1.807, 2.05) is 11.7 Å². The van der Waals surface area contributed by atoms with Gasteiger partial charge in [0.2, 0.25) is 0 Å². The highest BCUT2D eigenvalue weighted by molar-refractivity contribution is 5.12. The maximum Gasteiger partial charge on any atom is 0.0902 e. The summed E-state index contributed by atoms with van der Waals surface area (Å²) in [5, 5.41) is 4.31. The number of nitrogens with zero attached hydrogens (tertiary/aromatic N) is 2. The highest BCUT2D eigenvalue weighted by Gasteiger charge is 2.07. The lowest BCUT2D eigenvalue weighted by molar-refractivity contribution is 0.181. The zero-order valence-electron chi connectivity index (χ0n) is 8.16. The lowest BCUT2D eigenvalue weighted by Gasteiger charge is -2.02. The average Bonchev–Trinajstić information content (AvgIpc) is 2.32. The molecule has 0 aliphatic rings. The number of ether oxygens (including phenoxy) is 1. The molecule has 0 fully saturated rings. The summed E-state index contributed by atoms with van der Waals surface area (Å²) in [6.07, 6.45) is 0. The minimum Gasteiger partial charge on any atom is -0.378 e. The van der Waals surface area contributed by atoms with Crippen molar-refractivity contribution in [2.75, 3.05) is 7.11 Å². The van der Waals surface area contributed by atoms with Crippen LogP contribution in [-0.4, -0.2) is 16.9 Å². The first-order valence-corrected chi connectivity index (χ1v) is 4.17. The number of methoxy groups -OCH3 is 1. The van der Waals surface area contributed by atoms with Gasteiger partial charge in [-0.1, -0.05) is 13.8 Å². The standard InChI is InChI=1S/C9H16N2O/c1-7(2)9-5-8(6-12-4)10-11(9)3/h5,7H,6H2,1-4H3. The molecule has 0 saturated heterocycles. The van der Waals surface area contributed by atoms with Gasteiger partial charge in [0, 0.05) is 19.9 Å². The van der Waals surface area contributed by atoms with Crippen molar-refractivity contribution in [1.82, 2.24) is 9.78 Å². The summed E-state index contributed by atoms with van der Waals surface area (Å²) in [4.78, 5) is 0. The summed E-state index contributed by atoms with van der Waals surface area (Å²) in [6, 6.07) is 2.09. The summed E-state index contributed by atoms with van der Waals surface area (Å²) in [7, 11) is 3.65. The molecule has 3 nitrogen and oxygen atoms in total. The second kappa shape index (κ2) is 3.72. The number of aromatic nitrogens is 2. The van der Waals surface area contributed by atoms with Gasteiger partial charge in [-0.05, 0) is 12.0 Å². The molecule has 1 aromatic heterocycles. The first-order chi connectivity index (χ1) is 5.65. The number of aryl methyl sites for hydroxylation is 1. The molecule has 12 heavy (non-hydrogen) atoms. The minimum atomic E-state index is 0.521. The lowest BCUT2D eigenvalue weighted by atomic mass is 10.1. The maximum absolute atomic E-state index is 5.00. The zero-order valence-corrected chi connectivity index (χ0v) is 8.16. The van der Waals surface area contributed by atoms with Crippen LogP contribution in [0, 0.1) is 0 Å². The monoisotopic (exact) mass is 168 g/mol. The molecule has 0 bridgehead atoms. The van der Waals surface area contributed by atoms with E-state index >= 15 is 0 Å². The van der Waals surface area contributed by atoms with Crippen molar-refractivity contribution in [3.63, 3.8) is 0 Å². The molecule has 0 radical (unpaired) electrons. The molecule has 0 atom stereocenters. The Labute approximate surface area is 73.3 Å². The molecule has 1 rings (SSSR count). The van der Waals surface area contributed by atoms with E-state index in [-0.39, 0.29) is 0 Å². The Morgan fingerprint density at radius 2 is 2.25 bits per heavy atom. The molecule has 0 aliphatic heterocycles. The Balaban J connectivity index is 2.85. The molecule has 0 amide bonds. The molecule has 1 heterocycles. The molecule has 3 heteroatoms. The molecule has 0 spiro atoms. The third-order valence-electron chi connectivity index (χ3n) is 1.85. The summed E-state index contributed by atoms with van der Waals surface area (Å²) in [5.41, 5.74) is 2.26. The van der Waals surface area contributed by atoms with Crippen LogP contribution in [0.4, 0.5) is 0 Å². The van der Waals surface area contributed by atoms with Crippen LogP contribution in [0.25, 0.3) is 0 Å². The van der Waals surface area contributed by atoms with E-state index in [1.54, 1.807) is 7.11 Å². The van der Waals surface area contributed by atoms with E-state index in [2.05, 4.69) is 25.0 Å².